The third-order valence-corrected chi connectivity index (χ3v) is 5.86. The van der Waals surface area contributed by atoms with Crippen LogP contribution in [0.5, 0.6) is 0 Å². The second kappa shape index (κ2) is 7.68. The number of carboxylic acid groups (broad SMARTS) is 1. The quantitative estimate of drug-likeness (QED) is 0.859. The summed E-state index contributed by atoms with van der Waals surface area (Å²) in [7, 11) is 4.14. The van der Waals surface area contributed by atoms with Gasteiger partial charge in [0.1, 0.15) is 0 Å². The van der Waals surface area contributed by atoms with Crippen molar-refractivity contribution in [2.24, 2.45) is 5.92 Å². The first-order chi connectivity index (χ1) is 11.9. The van der Waals surface area contributed by atoms with E-state index in [1.54, 1.807) is 11.3 Å². The average Bonchev–Trinajstić information content (AvgIpc) is 3.15. The molecule has 3 rings (SSSR count). The number of hydrogen-bond acceptors (Lipinski definition) is 4. The number of aryl methyl sites for hydroxylation is 1. The van der Waals surface area contributed by atoms with E-state index in [-0.39, 0.29) is 11.8 Å². The van der Waals surface area contributed by atoms with E-state index in [0.717, 1.165) is 19.6 Å². The lowest BCUT2D eigenvalue weighted by Crippen LogP contribution is -2.23. The van der Waals surface area contributed by atoms with Crippen LogP contribution in [0.4, 0.5) is 0 Å². The van der Waals surface area contributed by atoms with Gasteiger partial charge in [-0.05, 0) is 49.2 Å². The second-order valence-corrected chi connectivity index (χ2v) is 8.26. The fourth-order valence-electron chi connectivity index (χ4n) is 3.76. The van der Waals surface area contributed by atoms with Crippen LogP contribution < -0.4 is 0 Å². The summed E-state index contributed by atoms with van der Waals surface area (Å²) in [6.45, 7) is 5.28. The van der Waals surface area contributed by atoms with Gasteiger partial charge in [-0.15, -0.1) is 11.3 Å². The fourth-order valence-corrected chi connectivity index (χ4v) is 4.68. The second-order valence-electron chi connectivity index (χ2n) is 7.26. The van der Waals surface area contributed by atoms with Crippen molar-refractivity contribution in [1.82, 2.24) is 9.80 Å². The standard InChI is InChI=1S/C20H26N2O2S/c1-14-6-4-5-7-17(14)18-11-22(12-19(18)20(23)24)10-16-8-15(13-25-16)9-21(2)3/h4-8,13,18-19H,9-12H2,1-3H3,(H,23,24)/t18-,19+/m0/s1. The molecule has 5 heteroatoms. The summed E-state index contributed by atoms with van der Waals surface area (Å²) in [6, 6.07) is 10.4. The zero-order chi connectivity index (χ0) is 18.0. The number of carboxylic acids is 1. The molecular formula is C20H26N2O2S. The van der Waals surface area contributed by atoms with E-state index >= 15 is 0 Å². The van der Waals surface area contributed by atoms with Crippen LogP contribution in [0, 0.1) is 12.8 Å². The third-order valence-electron chi connectivity index (χ3n) is 4.89. The van der Waals surface area contributed by atoms with Gasteiger partial charge >= 0.3 is 5.97 Å². The van der Waals surface area contributed by atoms with Crippen molar-refractivity contribution < 1.29 is 9.90 Å². The number of carbonyl (C=O) groups is 1. The molecule has 25 heavy (non-hydrogen) atoms. The molecule has 2 aromatic rings. The Morgan fingerprint density at radius 1 is 1.32 bits per heavy atom. The molecular weight excluding hydrogens is 332 g/mol. The molecule has 1 aliphatic rings. The van der Waals surface area contributed by atoms with Crippen LogP contribution in [-0.4, -0.2) is 48.1 Å². The van der Waals surface area contributed by atoms with Crippen molar-refractivity contribution in [3.05, 3.63) is 57.3 Å². The fraction of sp³-hybridized carbons (Fsp3) is 0.450. The van der Waals surface area contributed by atoms with Gasteiger partial charge in [-0.25, -0.2) is 0 Å². The molecule has 0 spiro atoms. The highest BCUT2D eigenvalue weighted by molar-refractivity contribution is 7.10. The van der Waals surface area contributed by atoms with Gasteiger partial charge in [0.2, 0.25) is 0 Å². The lowest BCUT2D eigenvalue weighted by atomic mass is 9.86. The molecule has 4 nitrogen and oxygen atoms in total. The molecule has 2 heterocycles. The normalized spacial score (nSPS) is 21.1. The van der Waals surface area contributed by atoms with Gasteiger partial charge in [-0.3, -0.25) is 9.69 Å². The number of aliphatic carboxylic acids is 1. The van der Waals surface area contributed by atoms with Crippen molar-refractivity contribution in [1.29, 1.82) is 0 Å². The highest BCUT2D eigenvalue weighted by atomic mass is 32.1. The Morgan fingerprint density at radius 2 is 2.08 bits per heavy atom. The maximum Gasteiger partial charge on any atom is 0.308 e. The monoisotopic (exact) mass is 358 g/mol. The maximum absolute atomic E-state index is 11.8. The van der Waals surface area contributed by atoms with Gasteiger partial charge in [0.25, 0.3) is 0 Å². The lowest BCUT2D eigenvalue weighted by molar-refractivity contribution is -0.141. The first kappa shape index (κ1) is 18.1. The molecule has 1 aliphatic heterocycles. The van der Waals surface area contributed by atoms with Gasteiger partial charge in [0, 0.05) is 37.0 Å². The summed E-state index contributed by atoms with van der Waals surface area (Å²) in [4.78, 5) is 17.6. The van der Waals surface area contributed by atoms with E-state index in [4.69, 9.17) is 0 Å². The average molecular weight is 359 g/mol. The zero-order valence-corrected chi connectivity index (χ0v) is 15.9. The van der Waals surface area contributed by atoms with Gasteiger partial charge < -0.3 is 10.0 Å². The van der Waals surface area contributed by atoms with Crippen LogP contribution in [0.3, 0.4) is 0 Å². The molecule has 1 aromatic carbocycles. The Balaban J connectivity index is 1.73. The molecule has 0 bridgehead atoms. The van der Waals surface area contributed by atoms with Crippen LogP contribution in [0.1, 0.15) is 27.5 Å². The molecule has 0 radical (unpaired) electrons. The van der Waals surface area contributed by atoms with Gasteiger partial charge in [0.15, 0.2) is 0 Å². The van der Waals surface area contributed by atoms with E-state index in [2.05, 4.69) is 54.4 Å². The smallest absolute Gasteiger partial charge is 0.308 e. The van der Waals surface area contributed by atoms with Gasteiger partial charge in [0.05, 0.1) is 5.92 Å². The van der Waals surface area contributed by atoms with E-state index in [9.17, 15) is 9.90 Å². The van der Waals surface area contributed by atoms with Crippen LogP contribution >= 0.6 is 11.3 Å². The molecule has 0 aliphatic carbocycles. The molecule has 1 aromatic heterocycles. The summed E-state index contributed by atoms with van der Waals surface area (Å²) in [6.07, 6.45) is 0. The number of hydrogen-bond donors (Lipinski definition) is 1. The Kier molecular flexibility index (Phi) is 5.57. The predicted molar refractivity (Wildman–Crippen MR) is 102 cm³/mol. The minimum Gasteiger partial charge on any atom is -0.481 e. The van der Waals surface area contributed by atoms with Crippen LogP contribution in [0.15, 0.2) is 35.7 Å². The van der Waals surface area contributed by atoms with E-state index in [1.807, 2.05) is 12.1 Å². The van der Waals surface area contributed by atoms with Crippen molar-refractivity contribution in [2.75, 3.05) is 27.2 Å². The Labute approximate surface area is 153 Å². The summed E-state index contributed by atoms with van der Waals surface area (Å²) < 4.78 is 0. The largest absolute Gasteiger partial charge is 0.481 e. The minimum atomic E-state index is -0.685. The molecule has 0 amide bonds. The molecule has 0 saturated carbocycles. The van der Waals surface area contributed by atoms with E-state index in [1.165, 1.54) is 21.6 Å². The SMILES string of the molecule is Cc1ccccc1[C@@H]1CN(Cc2cc(CN(C)C)cs2)C[C@H]1C(=O)O. The maximum atomic E-state index is 11.8. The summed E-state index contributed by atoms with van der Waals surface area (Å²) in [5.41, 5.74) is 3.69. The number of rotatable bonds is 6. The first-order valence-corrected chi connectivity index (χ1v) is 9.53. The van der Waals surface area contributed by atoms with Crippen molar-refractivity contribution in [2.45, 2.75) is 25.9 Å². The highest BCUT2D eigenvalue weighted by Crippen LogP contribution is 2.35. The van der Waals surface area contributed by atoms with Crippen molar-refractivity contribution in [3.8, 4) is 0 Å². The third kappa shape index (κ3) is 4.29. The number of nitrogens with zero attached hydrogens (tertiary/aromatic N) is 2. The van der Waals surface area contributed by atoms with Gasteiger partial charge in [-0.1, -0.05) is 24.3 Å². The van der Waals surface area contributed by atoms with E-state index in [0.29, 0.717) is 6.54 Å². The molecule has 1 fully saturated rings. The topological polar surface area (TPSA) is 43.8 Å². The Morgan fingerprint density at radius 3 is 2.76 bits per heavy atom. The number of thiophene rings is 1. The predicted octanol–water partition coefficient (Wildman–Crippen LogP) is 3.42. The first-order valence-electron chi connectivity index (χ1n) is 8.65. The minimum absolute atomic E-state index is 0.0694. The Bertz CT molecular complexity index is 741. The molecule has 1 saturated heterocycles. The number of benzene rings is 1. The van der Waals surface area contributed by atoms with Crippen molar-refractivity contribution in [3.63, 3.8) is 0 Å². The van der Waals surface area contributed by atoms with Crippen LogP contribution in [0.2, 0.25) is 0 Å². The van der Waals surface area contributed by atoms with E-state index < -0.39 is 5.97 Å². The van der Waals surface area contributed by atoms with Crippen molar-refractivity contribution >= 4 is 17.3 Å². The van der Waals surface area contributed by atoms with Crippen LogP contribution in [0.25, 0.3) is 0 Å². The molecule has 0 unspecified atom stereocenters. The summed E-state index contributed by atoms with van der Waals surface area (Å²) in [5.74, 6) is -0.947. The van der Waals surface area contributed by atoms with Gasteiger partial charge in [-0.2, -0.15) is 0 Å². The summed E-state index contributed by atoms with van der Waals surface area (Å²) >= 11 is 1.77. The number of likely N-dealkylation sites (tertiary alicyclic amines) is 1. The Hall–Kier alpha value is -1.69. The highest BCUT2D eigenvalue weighted by Gasteiger charge is 2.39. The molecule has 1 N–H and O–H groups in total. The zero-order valence-electron chi connectivity index (χ0n) is 15.1. The molecule has 2 atom stereocenters. The lowest BCUT2D eigenvalue weighted by Gasteiger charge is -2.17. The summed E-state index contributed by atoms with van der Waals surface area (Å²) in [5, 5.41) is 11.9. The van der Waals surface area contributed by atoms with Crippen LogP contribution in [-0.2, 0) is 17.9 Å². The molecule has 134 valence electrons.